The molecule has 106 valence electrons. The van der Waals surface area contributed by atoms with Crippen LogP contribution in [-0.2, 0) is 9.53 Å². The maximum absolute atomic E-state index is 11.8. The van der Waals surface area contributed by atoms with Crippen LogP contribution in [0.15, 0.2) is 30.3 Å². The van der Waals surface area contributed by atoms with E-state index in [1.807, 2.05) is 45.9 Å². The monoisotopic (exact) mass is 263 g/mol. The summed E-state index contributed by atoms with van der Waals surface area (Å²) in [5.74, 6) is -0.300. The minimum absolute atomic E-state index is 0.148. The van der Waals surface area contributed by atoms with Crippen LogP contribution in [0, 0.1) is 5.92 Å². The van der Waals surface area contributed by atoms with Crippen molar-refractivity contribution in [3.63, 3.8) is 0 Å². The fourth-order valence-electron chi connectivity index (χ4n) is 1.70. The van der Waals surface area contributed by atoms with Crippen molar-refractivity contribution in [2.24, 2.45) is 5.92 Å². The zero-order chi connectivity index (χ0) is 14.5. The fraction of sp³-hybridized carbons (Fsp3) is 0.562. The Morgan fingerprint density at radius 3 is 2.32 bits per heavy atom. The Balaban J connectivity index is 2.42. The molecule has 1 N–H and O–H groups in total. The molecule has 3 nitrogen and oxygen atoms in total. The average Bonchev–Trinajstić information content (AvgIpc) is 2.34. The second-order valence-corrected chi connectivity index (χ2v) is 5.98. The number of esters is 1. The Morgan fingerprint density at radius 1 is 1.21 bits per heavy atom. The summed E-state index contributed by atoms with van der Waals surface area (Å²) >= 11 is 0. The van der Waals surface area contributed by atoms with Crippen LogP contribution >= 0.6 is 0 Å². The number of carbonyl (C=O) groups excluding carboxylic acids is 1. The third kappa shape index (κ3) is 5.88. The molecule has 3 heteroatoms. The van der Waals surface area contributed by atoms with Crippen molar-refractivity contribution < 1.29 is 9.53 Å². The lowest BCUT2D eigenvalue weighted by molar-refractivity contribution is -0.159. The SMILES string of the molecule is CC(CNC(C)c1ccccc1)C(=O)OC(C)(C)C. The molecule has 2 unspecified atom stereocenters. The maximum atomic E-state index is 11.8. The van der Waals surface area contributed by atoms with Gasteiger partial charge >= 0.3 is 5.97 Å². The van der Waals surface area contributed by atoms with Gasteiger partial charge in [0.25, 0.3) is 0 Å². The molecule has 0 fully saturated rings. The highest BCUT2D eigenvalue weighted by Gasteiger charge is 2.21. The number of hydrogen-bond donors (Lipinski definition) is 1. The van der Waals surface area contributed by atoms with Crippen molar-refractivity contribution in [1.29, 1.82) is 0 Å². The van der Waals surface area contributed by atoms with Crippen molar-refractivity contribution in [2.45, 2.75) is 46.3 Å². The Labute approximate surface area is 116 Å². The van der Waals surface area contributed by atoms with E-state index in [1.54, 1.807) is 0 Å². The van der Waals surface area contributed by atoms with Crippen LogP contribution in [0.2, 0.25) is 0 Å². The number of hydrogen-bond acceptors (Lipinski definition) is 3. The van der Waals surface area contributed by atoms with Crippen LogP contribution in [0.4, 0.5) is 0 Å². The first-order valence-corrected chi connectivity index (χ1v) is 6.81. The Bertz CT molecular complexity index is 395. The van der Waals surface area contributed by atoms with Gasteiger partial charge in [0.05, 0.1) is 5.92 Å². The van der Waals surface area contributed by atoms with E-state index in [4.69, 9.17) is 4.74 Å². The van der Waals surface area contributed by atoms with Gasteiger partial charge in [-0.15, -0.1) is 0 Å². The van der Waals surface area contributed by atoms with Gasteiger partial charge < -0.3 is 10.1 Å². The van der Waals surface area contributed by atoms with Gasteiger partial charge in [0.2, 0.25) is 0 Å². The molecule has 1 aromatic carbocycles. The van der Waals surface area contributed by atoms with E-state index < -0.39 is 5.60 Å². The maximum Gasteiger partial charge on any atom is 0.310 e. The Hall–Kier alpha value is -1.35. The van der Waals surface area contributed by atoms with Crippen LogP contribution in [0.25, 0.3) is 0 Å². The van der Waals surface area contributed by atoms with Crippen molar-refractivity contribution in [1.82, 2.24) is 5.32 Å². The van der Waals surface area contributed by atoms with Crippen LogP contribution in [0.1, 0.15) is 46.2 Å². The highest BCUT2D eigenvalue weighted by Crippen LogP contribution is 2.14. The topological polar surface area (TPSA) is 38.3 Å². The minimum Gasteiger partial charge on any atom is -0.460 e. The average molecular weight is 263 g/mol. The third-order valence-electron chi connectivity index (χ3n) is 2.84. The number of ether oxygens (including phenoxy) is 1. The molecule has 0 aromatic heterocycles. The first-order valence-electron chi connectivity index (χ1n) is 6.81. The zero-order valence-electron chi connectivity index (χ0n) is 12.6. The summed E-state index contributed by atoms with van der Waals surface area (Å²) < 4.78 is 5.36. The first kappa shape index (κ1) is 15.7. The molecule has 2 atom stereocenters. The van der Waals surface area contributed by atoms with Gasteiger partial charge in [-0.2, -0.15) is 0 Å². The van der Waals surface area contributed by atoms with Crippen LogP contribution < -0.4 is 5.32 Å². The minimum atomic E-state index is -0.420. The van der Waals surface area contributed by atoms with Gasteiger partial charge in [0.1, 0.15) is 5.60 Å². The van der Waals surface area contributed by atoms with Gasteiger partial charge in [0.15, 0.2) is 0 Å². The lowest BCUT2D eigenvalue weighted by Gasteiger charge is -2.23. The summed E-state index contributed by atoms with van der Waals surface area (Å²) in [5.41, 5.74) is 0.801. The van der Waals surface area contributed by atoms with Crippen molar-refractivity contribution in [3.8, 4) is 0 Å². The van der Waals surface area contributed by atoms with E-state index in [-0.39, 0.29) is 17.9 Å². The number of rotatable bonds is 5. The van der Waals surface area contributed by atoms with Crippen molar-refractivity contribution in [2.75, 3.05) is 6.54 Å². The summed E-state index contributed by atoms with van der Waals surface area (Å²) in [6.07, 6.45) is 0. The number of carbonyl (C=O) groups is 1. The number of benzene rings is 1. The van der Waals surface area contributed by atoms with Gasteiger partial charge in [-0.1, -0.05) is 37.3 Å². The highest BCUT2D eigenvalue weighted by atomic mass is 16.6. The lowest BCUT2D eigenvalue weighted by atomic mass is 10.1. The molecule has 0 saturated heterocycles. The zero-order valence-corrected chi connectivity index (χ0v) is 12.6. The predicted molar refractivity (Wildman–Crippen MR) is 77.9 cm³/mol. The van der Waals surface area contributed by atoms with Gasteiger partial charge in [-0.05, 0) is 33.3 Å². The molecule has 0 aliphatic rings. The van der Waals surface area contributed by atoms with E-state index in [2.05, 4.69) is 24.4 Å². The van der Waals surface area contributed by atoms with E-state index in [0.29, 0.717) is 6.54 Å². The summed E-state index contributed by atoms with van der Waals surface area (Å²) in [6.45, 7) is 10.3. The molecule has 0 aliphatic heterocycles. The Kier molecular flexibility index (Phi) is 5.55. The predicted octanol–water partition coefficient (Wildman–Crippen LogP) is 3.32. The molecular weight excluding hydrogens is 238 g/mol. The second kappa shape index (κ2) is 6.71. The highest BCUT2D eigenvalue weighted by molar-refractivity contribution is 5.72. The summed E-state index contributed by atoms with van der Waals surface area (Å²) in [7, 11) is 0. The quantitative estimate of drug-likeness (QED) is 0.828. The summed E-state index contributed by atoms with van der Waals surface area (Å²) in [5, 5.41) is 3.36. The number of nitrogens with one attached hydrogen (secondary N) is 1. The van der Waals surface area contributed by atoms with Gasteiger partial charge in [0, 0.05) is 12.6 Å². The second-order valence-electron chi connectivity index (χ2n) is 5.98. The molecule has 1 aromatic rings. The van der Waals surface area contributed by atoms with E-state index in [1.165, 1.54) is 5.56 Å². The normalized spacial score (nSPS) is 14.8. The summed E-state index contributed by atoms with van der Waals surface area (Å²) in [4.78, 5) is 11.8. The largest absolute Gasteiger partial charge is 0.460 e. The molecule has 0 heterocycles. The molecule has 1 rings (SSSR count). The van der Waals surface area contributed by atoms with Crippen LogP contribution in [0.5, 0.6) is 0 Å². The van der Waals surface area contributed by atoms with E-state index >= 15 is 0 Å². The van der Waals surface area contributed by atoms with Crippen molar-refractivity contribution >= 4 is 5.97 Å². The molecule has 0 spiro atoms. The molecule has 0 aliphatic carbocycles. The van der Waals surface area contributed by atoms with Crippen molar-refractivity contribution in [3.05, 3.63) is 35.9 Å². The van der Waals surface area contributed by atoms with Gasteiger partial charge in [-0.3, -0.25) is 4.79 Å². The molecular formula is C16H25NO2. The molecule has 0 bridgehead atoms. The molecule has 19 heavy (non-hydrogen) atoms. The standard InChI is InChI=1S/C16H25NO2/c1-12(15(18)19-16(3,4)5)11-17-13(2)14-9-7-6-8-10-14/h6-10,12-13,17H,11H2,1-5H3. The molecule has 0 saturated carbocycles. The smallest absolute Gasteiger partial charge is 0.310 e. The van der Waals surface area contributed by atoms with Crippen LogP contribution in [-0.4, -0.2) is 18.1 Å². The molecule has 0 amide bonds. The van der Waals surface area contributed by atoms with E-state index in [0.717, 1.165) is 0 Å². The third-order valence-corrected chi connectivity index (χ3v) is 2.84. The first-order chi connectivity index (χ1) is 8.79. The lowest BCUT2D eigenvalue weighted by Crippen LogP contribution is -2.33. The van der Waals surface area contributed by atoms with E-state index in [9.17, 15) is 4.79 Å². The van der Waals surface area contributed by atoms with Crippen LogP contribution in [0.3, 0.4) is 0 Å². The molecule has 0 radical (unpaired) electrons. The van der Waals surface area contributed by atoms with Gasteiger partial charge in [-0.25, -0.2) is 0 Å². The Morgan fingerprint density at radius 2 is 1.79 bits per heavy atom. The summed E-state index contributed by atoms with van der Waals surface area (Å²) in [6, 6.07) is 10.4. The fourth-order valence-corrected chi connectivity index (χ4v) is 1.70.